The second-order valence-corrected chi connectivity index (χ2v) is 4.28. The lowest BCUT2D eigenvalue weighted by atomic mass is 10.2. The number of fused-ring (bicyclic) bond motifs is 3. The average molecular weight is 259 g/mol. The standard InChI is InChI=1S/C12H13N5O2/c1-8(18)16-6-5-12-13-14-15-17(12)11-7-9(19-2)3-4-10(11)16/h3-4,7H,5-6H2,1-2H3. The number of anilines is 1. The van der Waals surface area contributed by atoms with Crippen LogP contribution < -0.4 is 9.64 Å². The van der Waals surface area contributed by atoms with Crippen molar-refractivity contribution in [2.45, 2.75) is 13.3 Å². The Morgan fingerprint density at radius 1 is 1.37 bits per heavy atom. The largest absolute Gasteiger partial charge is 0.497 e. The molecule has 7 nitrogen and oxygen atoms in total. The van der Waals surface area contributed by atoms with E-state index in [0.717, 1.165) is 17.2 Å². The molecule has 1 aliphatic rings. The van der Waals surface area contributed by atoms with E-state index in [1.54, 1.807) is 23.6 Å². The Labute approximate surface area is 109 Å². The average Bonchev–Trinajstić information content (AvgIpc) is 2.81. The van der Waals surface area contributed by atoms with Crippen LogP contribution in [0, 0.1) is 0 Å². The van der Waals surface area contributed by atoms with E-state index < -0.39 is 0 Å². The molecule has 0 fully saturated rings. The summed E-state index contributed by atoms with van der Waals surface area (Å²) >= 11 is 0. The highest BCUT2D eigenvalue weighted by molar-refractivity contribution is 5.94. The number of methoxy groups -OCH3 is 1. The molecule has 0 N–H and O–H groups in total. The molecule has 1 aromatic heterocycles. The molecular formula is C12H13N5O2. The van der Waals surface area contributed by atoms with Crippen LogP contribution in [0.15, 0.2) is 18.2 Å². The summed E-state index contributed by atoms with van der Waals surface area (Å²) in [6.45, 7) is 2.11. The third-order valence-electron chi connectivity index (χ3n) is 3.17. The lowest BCUT2D eigenvalue weighted by Gasteiger charge is -2.20. The lowest BCUT2D eigenvalue weighted by molar-refractivity contribution is -0.116. The maximum atomic E-state index is 11.8. The first-order valence-corrected chi connectivity index (χ1v) is 5.94. The molecule has 1 amide bonds. The van der Waals surface area contributed by atoms with Crippen LogP contribution in [0.25, 0.3) is 5.69 Å². The third kappa shape index (κ3) is 1.83. The first-order valence-electron chi connectivity index (χ1n) is 5.94. The topological polar surface area (TPSA) is 73.1 Å². The normalized spacial score (nSPS) is 13.5. The van der Waals surface area contributed by atoms with E-state index in [1.807, 2.05) is 18.2 Å². The number of tetrazole rings is 1. The number of amides is 1. The Bertz CT molecular complexity index is 637. The van der Waals surface area contributed by atoms with E-state index in [4.69, 9.17) is 4.74 Å². The third-order valence-corrected chi connectivity index (χ3v) is 3.17. The van der Waals surface area contributed by atoms with Crippen molar-refractivity contribution in [3.05, 3.63) is 24.0 Å². The summed E-state index contributed by atoms with van der Waals surface area (Å²) in [7, 11) is 1.60. The van der Waals surface area contributed by atoms with Gasteiger partial charge in [-0.15, -0.1) is 5.10 Å². The van der Waals surface area contributed by atoms with Crippen LogP contribution in [0.5, 0.6) is 5.75 Å². The number of carbonyl (C=O) groups excluding carboxylic acids is 1. The van der Waals surface area contributed by atoms with Gasteiger partial charge >= 0.3 is 0 Å². The zero-order valence-electron chi connectivity index (χ0n) is 10.7. The second kappa shape index (κ2) is 4.34. The quantitative estimate of drug-likeness (QED) is 0.749. The van der Waals surface area contributed by atoms with Gasteiger partial charge in [-0.2, -0.15) is 4.68 Å². The first-order chi connectivity index (χ1) is 9.20. The Kier molecular flexibility index (Phi) is 2.66. The predicted molar refractivity (Wildman–Crippen MR) is 67.4 cm³/mol. The molecule has 2 aromatic rings. The fourth-order valence-corrected chi connectivity index (χ4v) is 2.24. The predicted octanol–water partition coefficient (Wildman–Crippen LogP) is 0.580. The molecule has 0 atom stereocenters. The van der Waals surface area contributed by atoms with Gasteiger partial charge in [0.1, 0.15) is 5.75 Å². The Balaban J connectivity index is 2.23. The molecule has 0 aliphatic carbocycles. The van der Waals surface area contributed by atoms with E-state index in [0.29, 0.717) is 18.7 Å². The Morgan fingerprint density at radius 2 is 2.21 bits per heavy atom. The summed E-state index contributed by atoms with van der Waals surface area (Å²) in [4.78, 5) is 13.5. The van der Waals surface area contributed by atoms with Crippen LogP contribution in [0.1, 0.15) is 12.7 Å². The number of hydrogen-bond donors (Lipinski definition) is 0. The van der Waals surface area contributed by atoms with Gasteiger partial charge in [-0.3, -0.25) is 4.79 Å². The number of ether oxygens (including phenoxy) is 1. The minimum atomic E-state index is -0.00914. The smallest absolute Gasteiger partial charge is 0.223 e. The summed E-state index contributed by atoms with van der Waals surface area (Å²) in [6, 6.07) is 5.51. The Morgan fingerprint density at radius 3 is 2.95 bits per heavy atom. The minimum Gasteiger partial charge on any atom is -0.497 e. The van der Waals surface area contributed by atoms with Gasteiger partial charge in [0.25, 0.3) is 0 Å². The van der Waals surface area contributed by atoms with Gasteiger partial charge in [0.05, 0.1) is 18.5 Å². The molecule has 0 saturated heterocycles. The van der Waals surface area contributed by atoms with E-state index in [1.165, 1.54) is 0 Å². The van der Waals surface area contributed by atoms with Gasteiger partial charge < -0.3 is 9.64 Å². The molecule has 1 aromatic carbocycles. The van der Waals surface area contributed by atoms with Crippen LogP contribution in [0.3, 0.4) is 0 Å². The van der Waals surface area contributed by atoms with Crippen molar-refractivity contribution >= 4 is 11.6 Å². The van der Waals surface area contributed by atoms with Crippen LogP contribution in [-0.2, 0) is 11.2 Å². The van der Waals surface area contributed by atoms with Crippen molar-refractivity contribution in [1.29, 1.82) is 0 Å². The second-order valence-electron chi connectivity index (χ2n) is 4.28. The van der Waals surface area contributed by atoms with E-state index in [9.17, 15) is 4.79 Å². The molecule has 0 unspecified atom stereocenters. The van der Waals surface area contributed by atoms with Gasteiger partial charge in [-0.1, -0.05) is 0 Å². The zero-order chi connectivity index (χ0) is 13.4. The van der Waals surface area contributed by atoms with Crippen molar-refractivity contribution in [2.24, 2.45) is 0 Å². The van der Waals surface area contributed by atoms with Gasteiger partial charge in [0.15, 0.2) is 5.82 Å². The summed E-state index contributed by atoms with van der Waals surface area (Å²) < 4.78 is 6.88. The Hall–Kier alpha value is -2.44. The van der Waals surface area contributed by atoms with Crippen LogP contribution in [-0.4, -0.2) is 39.8 Å². The van der Waals surface area contributed by atoms with Crippen molar-refractivity contribution in [1.82, 2.24) is 20.2 Å². The number of aromatic nitrogens is 4. The lowest BCUT2D eigenvalue weighted by Crippen LogP contribution is -2.30. The van der Waals surface area contributed by atoms with E-state index in [2.05, 4.69) is 15.5 Å². The highest BCUT2D eigenvalue weighted by atomic mass is 16.5. The SMILES string of the molecule is COc1ccc2c(c1)-n1nnnc1CCN2C(C)=O. The number of nitrogens with zero attached hydrogens (tertiary/aromatic N) is 5. The molecule has 0 radical (unpaired) electrons. The molecule has 1 aliphatic heterocycles. The van der Waals surface area contributed by atoms with E-state index in [-0.39, 0.29) is 5.91 Å². The maximum Gasteiger partial charge on any atom is 0.223 e. The van der Waals surface area contributed by atoms with Gasteiger partial charge in [-0.25, -0.2) is 0 Å². The molecule has 19 heavy (non-hydrogen) atoms. The molecule has 0 saturated carbocycles. The molecule has 3 rings (SSSR count). The summed E-state index contributed by atoms with van der Waals surface area (Å²) in [6.07, 6.45) is 0.615. The minimum absolute atomic E-state index is 0.00914. The molecular weight excluding hydrogens is 246 g/mol. The van der Waals surface area contributed by atoms with E-state index >= 15 is 0 Å². The fraction of sp³-hybridized carbons (Fsp3) is 0.333. The van der Waals surface area contributed by atoms with Gasteiger partial charge in [0.2, 0.25) is 5.91 Å². The number of hydrogen-bond acceptors (Lipinski definition) is 5. The zero-order valence-corrected chi connectivity index (χ0v) is 10.7. The van der Waals surface area contributed by atoms with Crippen LogP contribution in [0.4, 0.5) is 5.69 Å². The van der Waals surface area contributed by atoms with Crippen molar-refractivity contribution in [3.63, 3.8) is 0 Å². The molecule has 98 valence electrons. The van der Waals surface area contributed by atoms with Crippen molar-refractivity contribution in [3.8, 4) is 11.4 Å². The van der Waals surface area contributed by atoms with Crippen molar-refractivity contribution < 1.29 is 9.53 Å². The van der Waals surface area contributed by atoms with Crippen LogP contribution in [0.2, 0.25) is 0 Å². The molecule has 0 bridgehead atoms. The first kappa shape index (κ1) is 11.6. The number of rotatable bonds is 1. The summed E-state index contributed by atoms with van der Waals surface area (Å²) in [5.41, 5.74) is 1.55. The molecule has 7 heteroatoms. The monoisotopic (exact) mass is 259 g/mol. The fourth-order valence-electron chi connectivity index (χ4n) is 2.24. The summed E-state index contributed by atoms with van der Waals surface area (Å²) in [5.74, 6) is 1.42. The number of benzene rings is 1. The van der Waals surface area contributed by atoms with Gasteiger partial charge in [-0.05, 0) is 22.6 Å². The molecule has 0 spiro atoms. The van der Waals surface area contributed by atoms with Gasteiger partial charge in [0, 0.05) is 26.0 Å². The van der Waals surface area contributed by atoms with Crippen molar-refractivity contribution in [2.75, 3.05) is 18.6 Å². The summed E-state index contributed by atoms with van der Waals surface area (Å²) in [5, 5.41) is 11.7. The molecule has 2 heterocycles. The number of carbonyl (C=O) groups is 1. The highest BCUT2D eigenvalue weighted by Gasteiger charge is 2.24. The maximum absolute atomic E-state index is 11.8. The van der Waals surface area contributed by atoms with Crippen LogP contribution >= 0.6 is 0 Å². The highest BCUT2D eigenvalue weighted by Crippen LogP contribution is 2.31.